The first-order valence-corrected chi connectivity index (χ1v) is 8.78. The molecule has 0 saturated carbocycles. The third-order valence-corrected chi connectivity index (χ3v) is 4.30. The van der Waals surface area contributed by atoms with Crippen molar-refractivity contribution >= 4 is 5.97 Å². The summed E-state index contributed by atoms with van der Waals surface area (Å²) in [6.45, 7) is 9.81. The summed E-state index contributed by atoms with van der Waals surface area (Å²) in [6.07, 6.45) is 6.11. The van der Waals surface area contributed by atoms with E-state index in [1.165, 1.54) is 12.8 Å². The van der Waals surface area contributed by atoms with Gasteiger partial charge in [0.15, 0.2) is 0 Å². The fourth-order valence-corrected chi connectivity index (χ4v) is 2.77. The number of carbonyl (C=O) groups is 1. The van der Waals surface area contributed by atoms with Crippen LogP contribution in [0.4, 0.5) is 0 Å². The lowest BCUT2D eigenvalue weighted by molar-refractivity contribution is -0.153. The van der Waals surface area contributed by atoms with Gasteiger partial charge in [0.1, 0.15) is 12.6 Å². The molecule has 0 aromatic heterocycles. The molecule has 0 radical (unpaired) electrons. The SMILES string of the molecule is C=C(C[C@H](OC)[C@H](C)CCCC)NCC(=O)O[C@@H]1CCCOC1. The highest BCUT2D eigenvalue weighted by molar-refractivity contribution is 5.72. The number of hydrogen-bond acceptors (Lipinski definition) is 5. The fourth-order valence-electron chi connectivity index (χ4n) is 2.77. The molecule has 0 aromatic carbocycles. The van der Waals surface area contributed by atoms with Crippen molar-refractivity contribution < 1.29 is 19.0 Å². The summed E-state index contributed by atoms with van der Waals surface area (Å²) >= 11 is 0. The molecular formula is C18H33NO4. The van der Waals surface area contributed by atoms with Crippen molar-refractivity contribution in [3.63, 3.8) is 0 Å². The Hall–Kier alpha value is -1.07. The van der Waals surface area contributed by atoms with Crippen LogP contribution in [0.5, 0.6) is 0 Å². The normalized spacial score (nSPS) is 20.6. The molecule has 0 aromatic rings. The summed E-state index contributed by atoms with van der Waals surface area (Å²) < 4.78 is 16.3. The van der Waals surface area contributed by atoms with Gasteiger partial charge in [-0.2, -0.15) is 0 Å². The van der Waals surface area contributed by atoms with Crippen LogP contribution in [0.25, 0.3) is 0 Å². The minimum Gasteiger partial charge on any atom is -0.459 e. The second-order valence-corrected chi connectivity index (χ2v) is 6.38. The minimum atomic E-state index is -0.255. The third kappa shape index (κ3) is 8.37. The van der Waals surface area contributed by atoms with Crippen LogP contribution >= 0.6 is 0 Å². The van der Waals surface area contributed by atoms with Gasteiger partial charge in [-0.05, 0) is 25.2 Å². The first kappa shape index (κ1) is 20.0. The molecule has 134 valence electrons. The van der Waals surface area contributed by atoms with Crippen molar-refractivity contribution in [1.82, 2.24) is 5.32 Å². The van der Waals surface area contributed by atoms with Crippen LogP contribution in [0.1, 0.15) is 52.4 Å². The highest BCUT2D eigenvalue weighted by atomic mass is 16.6. The molecule has 0 aliphatic carbocycles. The van der Waals surface area contributed by atoms with Crippen LogP contribution in [0.2, 0.25) is 0 Å². The molecule has 23 heavy (non-hydrogen) atoms. The molecule has 5 nitrogen and oxygen atoms in total. The maximum Gasteiger partial charge on any atom is 0.325 e. The predicted molar refractivity (Wildman–Crippen MR) is 91.2 cm³/mol. The monoisotopic (exact) mass is 327 g/mol. The number of nitrogens with one attached hydrogen (secondary N) is 1. The minimum absolute atomic E-state index is 0.105. The van der Waals surface area contributed by atoms with E-state index in [0.29, 0.717) is 18.9 Å². The fraction of sp³-hybridized carbons (Fsp3) is 0.833. The summed E-state index contributed by atoms with van der Waals surface area (Å²) in [7, 11) is 1.73. The number of ether oxygens (including phenoxy) is 3. The van der Waals surface area contributed by atoms with Crippen molar-refractivity contribution in [2.75, 3.05) is 26.9 Å². The Labute approximate surface area is 140 Å². The largest absolute Gasteiger partial charge is 0.459 e. The van der Waals surface area contributed by atoms with E-state index >= 15 is 0 Å². The number of esters is 1. The second kappa shape index (κ2) is 11.5. The van der Waals surface area contributed by atoms with Crippen molar-refractivity contribution in [3.05, 3.63) is 12.3 Å². The summed E-state index contributed by atoms with van der Waals surface area (Å²) in [5.74, 6) is 0.222. The number of methoxy groups -OCH3 is 1. The van der Waals surface area contributed by atoms with Crippen LogP contribution in [-0.2, 0) is 19.0 Å². The van der Waals surface area contributed by atoms with Crippen LogP contribution in [-0.4, -0.2) is 45.0 Å². The van der Waals surface area contributed by atoms with E-state index < -0.39 is 0 Å². The van der Waals surface area contributed by atoms with Crippen LogP contribution in [0.15, 0.2) is 12.3 Å². The topological polar surface area (TPSA) is 56.8 Å². The van der Waals surface area contributed by atoms with E-state index in [4.69, 9.17) is 14.2 Å². The smallest absolute Gasteiger partial charge is 0.325 e. The zero-order chi connectivity index (χ0) is 17.1. The van der Waals surface area contributed by atoms with E-state index in [-0.39, 0.29) is 24.7 Å². The second-order valence-electron chi connectivity index (χ2n) is 6.38. The average Bonchev–Trinajstić information content (AvgIpc) is 2.56. The number of carbonyl (C=O) groups excluding carboxylic acids is 1. The zero-order valence-corrected chi connectivity index (χ0v) is 14.9. The molecule has 1 saturated heterocycles. The van der Waals surface area contributed by atoms with Gasteiger partial charge in [0.05, 0.1) is 12.7 Å². The molecule has 1 aliphatic rings. The van der Waals surface area contributed by atoms with Gasteiger partial charge >= 0.3 is 5.97 Å². The van der Waals surface area contributed by atoms with Gasteiger partial charge in [-0.3, -0.25) is 4.79 Å². The van der Waals surface area contributed by atoms with Gasteiger partial charge < -0.3 is 19.5 Å². The van der Waals surface area contributed by atoms with Crippen LogP contribution in [0, 0.1) is 5.92 Å². The molecule has 0 spiro atoms. The summed E-state index contributed by atoms with van der Waals surface area (Å²) in [5, 5.41) is 3.06. The van der Waals surface area contributed by atoms with Crippen LogP contribution < -0.4 is 5.32 Å². The predicted octanol–water partition coefficient (Wildman–Crippen LogP) is 3.04. The molecular weight excluding hydrogens is 294 g/mol. The molecule has 1 fully saturated rings. The molecule has 0 bridgehead atoms. The van der Waals surface area contributed by atoms with Gasteiger partial charge in [-0.15, -0.1) is 0 Å². The lowest BCUT2D eigenvalue weighted by Gasteiger charge is -2.24. The van der Waals surface area contributed by atoms with E-state index in [1.807, 2.05) is 0 Å². The molecule has 1 rings (SSSR count). The third-order valence-electron chi connectivity index (χ3n) is 4.30. The number of unbranched alkanes of at least 4 members (excludes halogenated alkanes) is 1. The standard InChI is InChI=1S/C18H33NO4/c1-5-6-8-14(2)17(21-4)11-15(3)19-12-18(20)23-16-9-7-10-22-13-16/h14,16-17,19H,3,5-13H2,1-2,4H3/t14-,16-,17+/m1/s1. The van der Waals surface area contributed by atoms with Gasteiger partial charge in [0.2, 0.25) is 0 Å². The summed E-state index contributed by atoms with van der Waals surface area (Å²) in [5.41, 5.74) is 0.817. The maximum atomic E-state index is 11.8. The molecule has 5 heteroatoms. The van der Waals surface area contributed by atoms with Crippen molar-refractivity contribution in [3.8, 4) is 0 Å². The lowest BCUT2D eigenvalue weighted by atomic mass is 9.95. The molecule has 1 heterocycles. The molecule has 0 amide bonds. The van der Waals surface area contributed by atoms with Gasteiger partial charge in [0.25, 0.3) is 0 Å². The van der Waals surface area contributed by atoms with Crippen molar-refractivity contribution in [2.24, 2.45) is 5.92 Å². The highest BCUT2D eigenvalue weighted by Gasteiger charge is 2.20. The van der Waals surface area contributed by atoms with Gasteiger partial charge in [-0.25, -0.2) is 0 Å². The average molecular weight is 327 g/mol. The van der Waals surface area contributed by atoms with Crippen LogP contribution in [0.3, 0.4) is 0 Å². The van der Waals surface area contributed by atoms with Crippen molar-refractivity contribution in [1.29, 1.82) is 0 Å². The Morgan fingerprint density at radius 3 is 2.87 bits per heavy atom. The number of hydrogen-bond donors (Lipinski definition) is 1. The summed E-state index contributed by atoms with van der Waals surface area (Å²) in [4.78, 5) is 11.8. The Morgan fingerprint density at radius 1 is 1.48 bits per heavy atom. The van der Waals surface area contributed by atoms with E-state index in [2.05, 4.69) is 25.7 Å². The first-order valence-electron chi connectivity index (χ1n) is 8.78. The Morgan fingerprint density at radius 2 is 2.26 bits per heavy atom. The molecule has 0 unspecified atom stereocenters. The maximum absolute atomic E-state index is 11.8. The lowest BCUT2D eigenvalue weighted by Crippen LogP contribution is -2.33. The quantitative estimate of drug-likeness (QED) is 0.591. The zero-order valence-electron chi connectivity index (χ0n) is 14.9. The molecule has 1 aliphatic heterocycles. The first-order chi connectivity index (χ1) is 11.1. The van der Waals surface area contributed by atoms with Gasteiger partial charge in [-0.1, -0.05) is 33.3 Å². The molecule has 3 atom stereocenters. The van der Waals surface area contributed by atoms with E-state index in [0.717, 1.165) is 31.6 Å². The Kier molecular flexibility index (Phi) is 9.96. The Bertz CT molecular complexity index is 353. The highest BCUT2D eigenvalue weighted by Crippen LogP contribution is 2.19. The van der Waals surface area contributed by atoms with E-state index in [1.54, 1.807) is 7.11 Å². The Balaban J connectivity index is 2.24. The van der Waals surface area contributed by atoms with Gasteiger partial charge in [0, 0.05) is 25.8 Å². The number of rotatable bonds is 11. The summed E-state index contributed by atoms with van der Waals surface area (Å²) in [6, 6.07) is 0. The molecule has 1 N–H and O–H groups in total. The van der Waals surface area contributed by atoms with E-state index in [9.17, 15) is 4.79 Å². The van der Waals surface area contributed by atoms with Crippen molar-refractivity contribution in [2.45, 2.75) is 64.6 Å².